The van der Waals surface area contributed by atoms with Crippen LogP contribution in [0.5, 0.6) is 5.75 Å². The first-order chi connectivity index (χ1) is 13.7. The molecule has 2 N–H and O–H groups in total. The summed E-state index contributed by atoms with van der Waals surface area (Å²) in [4.78, 5) is 19.7. The van der Waals surface area contributed by atoms with Crippen LogP contribution in [-0.4, -0.2) is 36.2 Å². The Bertz CT molecular complexity index is 1010. The van der Waals surface area contributed by atoms with E-state index in [1.165, 1.54) is 6.33 Å². The number of anilines is 3. The summed E-state index contributed by atoms with van der Waals surface area (Å²) >= 11 is 0. The summed E-state index contributed by atoms with van der Waals surface area (Å²) in [6.07, 6.45) is 7.53. The highest BCUT2D eigenvalue weighted by Crippen LogP contribution is 2.33. The van der Waals surface area contributed by atoms with Crippen molar-refractivity contribution in [2.75, 3.05) is 30.5 Å². The summed E-state index contributed by atoms with van der Waals surface area (Å²) in [5, 5.41) is 6.64. The third-order valence-corrected chi connectivity index (χ3v) is 3.93. The van der Waals surface area contributed by atoms with Crippen LogP contribution in [0.4, 0.5) is 17.2 Å². The Kier molecular flexibility index (Phi) is 6.39. The van der Waals surface area contributed by atoms with Gasteiger partial charge in [0.15, 0.2) is 0 Å². The Balaban J connectivity index is 1.94. The van der Waals surface area contributed by atoms with Crippen molar-refractivity contribution < 1.29 is 14.3 Å². The zero-order valence-electron chi connectivity index (χ0n) is 15.4. The predicted molar refractivity (Wildman–Crippen MR) is 109 cm³/mol. The number of hydrogen-bond donors (Lipinski definition) is 2. The highest BCUT2D eigenvalue weighted by Gasteiger charge is 2.11. The fraction of sp³-hybridized carbons (Fsp3) is 0.190. The van der Waals surface area contributed by atoms with Crippen LogP contribution in [0.1, 0.15) is 12.5 Å². The van der Waals surface area contributed by atoms with Gasteiger partial charge in [0.1, 0.15) is 24.5 Å². The minimum Gasteiger partial charge on any atom is -0.489 e. The average Bonchev–Trinajstić information content (AvgIpc) is 2.72. The van der Waals surface area contributed by atoms with Crippen molar-refractivity contribution in [3.8, 4) is 18.1 Å². The lowest BCUT2D eigenvalue weighted by atomic mass is 10.1. The number of ether oxygens (including phenoxy) is 2. The van der Waals surface area contributed by atoms with E-state index in [0.29, 0.717) is 49.0 Å². The predicted octanol–water partition coefficient (Wildman–Crippen LogP) is 3.34. The average molecular weight is 376 g/mol. The second kappa shape index (κ2) is 9.35. The van der Waals surface area contributed by atoms with Gasteiger partial charge in [0.2, 0.25) is 6.41 Å². The van der Waals surface area contributed by atoms with Gasteiger partial charge < -0.3 is 20.1 Å². The van der Waals surface area contributed by atoms with E-state index in [1.807, 2.05) is 31.2 Å². The molecule has 3 aromatic rings. The smallest absolute Gasteiger partial charge is 0.211 e. The standard InChI is InChI=1S/C21H20N4O3/c1-3-15-6-5-7-16(10-15)25-21-17-11-19(24-14-26)20(28-9-8-27-4-2)12-18(17)22-13-23-21/h1,5-7,10-14H,4,8-9H2,2H3,(H,24,26)(H,22,23,25). The van der Waals surface area contributed by atoms with E-state index < -0.39 is 0 Å². The molecule has 1 heterocycles. The Morgan fingerprint density at radius 2 is 2.11 bits per heavy atom. The minimum absolute atomic E-state index is 0.363. The number of hydrogen-bond acceptors (Lipinski definition) is 6. The molecule has 0 fully saturated rings. The fourth-order valence-corrected chi connectivity index (χ4v) is 2.66. The molecule has 1 aromatic heterocycles. The summed E-state index contributed by atoms with van der Waals surface area (Å²) in [5.74, 6) is 3.71. The molecule has 3 rings (SSSR count). The third kappa shape index (κ3) is 4.55. The number of aromatic nitrogens is 2. The van der Waals surface area contributed by atoms with Crippen molar-refractivity contribution in [3.63, 3.8) is 0 Å². The zero-order chi connectivity index (χ0) is 19.8. The van der Waals surface area contributed by atoms with Crippen LogP contribution in [-0.2, 0) is 9.53 Å². The lowest BCUT2D eigenvalue weighted by Gasteiger charge is -2.14. The molecule has 0 radical (unpaired) electrons. The van der Waals surface area contributed by atoms with Crippen molar-refractivity contribution in [3.05, 3.63) is 48.3 Å². The van der Waals surface area contributed by atoms with Gasteiger partial charge >= 0.3 is 0 Å². The molecule has 0 aliphatic rings. The number of rotatable bonds is 9. The minimum atomic E-state index is 0.363. The van der Waals surface area contributed by atoms with Gasteiger partial charge in [-0.1, -0.05) is 12.0 Å². The number of nitrogens with zero attached hydrogens (tertiary/aromatic N) is 2. The van der Waals surface area contributed by atoms with Crippen LogP contribution >= 0.6 is 0 Å². The highest BCUT2D eigenvalue weighted by molar-refractivity contribution is 5.96. The van der Waals surface area contributed by atoms with Crippen LogP contribution in [0, 0.1) is 12.3 Å². The highest BCUT2D eigenvalue weighted by atomic mass is 16.5. The van der Waals surface area contributed by atoms with Crippen molar-refractivity contribution in [1.29, 1.82) is 0 Å². The number of carbonyl (C=O) groups excluding carboxylic acids is 1. The lowest BCUT2D eigenvalue weighted by molar-refractivity contribution is -0.105. The maximum Gasteiger partial charge on any atom is 0.211 e. The molecular weight excluding hydrogens is 356 g/mol. The molecule has 0 bridgehead atoms. The summed E-state index contributed by atoms with van der Waals surface area (Å²) in [7, 11) is 0. The van der Waals surface area contributed by atoms with Crippen LogP contribution < -0.4 is 15.4 Å². The van der Waals surface area contributed by atoms with E-state index in [-0.39, 0.29) is 0 Å². The number of carbonyl (C=O) groups is 1. The second-order valence-corrected chi connectivity index (χ2v) is 5.75. The quantitative estimate of drug-likeness (QED) is 0.338. The van der Waals surface area contributed by atoms with E-state index in [4.69, 9.17) is 15.9 Å². The lowest BCUT2D eigenvalue weighted by Crippen LogP contribution is -2.08. The van der Waals surface area contributed by atoms with E-state index in [2.05, 4.69) is 26.5 Å². The van der Waals surface area contributed by atoms with Crippen LogP contribution in [0.3, 0.4) is 0 Å². The molecule has 1 amide bonds. The van der Waals surface area contributed by atoms with E-state index in [1.54, 1.807) is 12.1 Å². The molecule has 7 heteroatoms. The normalized spacial score (nSPS) is 10.3. The molecule has 0 aliphatic heterocycles. The number of terminal acetylenes is 1. The molecule has 0 unspecified atom stereocenters. The summed E-state index contributed by atoms with van der Waals surface area (Å²) in [6, 6.07) is 11.0. The van der Waals surface area contributed by atoms with Crippen molar-refractivity contribution in [2.45, 2.75) is 6.92 Å². The topological polar surface area (TPSA) is 85.4 Å². The summed E-state index contributed by atoms with van der Waals surface area (Å²) in [5.41, 5.74) is 2.76. The van der Waals surface area contributed by atoms with Crippen LogP contribution in [0.15, 0.2) is 42.7 Å². The van der Waals surface area contributed by atoms with Gasteiger partial charge in [-0.25, -0.2) is 9.97 Å². The Morgan fingerprint density at radius 3 is 2.89 bits per heavy atom. The largest absolute Gasteiger partial charge is 0.489 e. The molecule has 0 saturated heterocycles. The SMILES string of the molecule is C#Cc1cccc(Nc2ncnc3cc(OCCOCC)c(NC=O)cc23)c1. The van der Waals surface area contributed by atoms with Gasteiger partial charge in [0.05, 0.1) is 17.8 Å². The van der Waals surface area contributed by atoms with E-state index in [0.717, 1.165) is 16.6 Å². The van der Waals surface area contributed by atoms with Crippen molar-refractivity contribution >= 4 is 34.5 Å². The molecule has 7 nitrogen and oxygen atoms in total. The van der Waals surface area contributed by atoms with Gasteiger partial charge in [0, 0.05) is 29.3 Å². The fourth-order valence-electron chi connectivity index (χ4n) is 2.66. The maximum absolute atomic E-state index is 11.0. The van der Waals surface area contributed by atoms with E-state index in [9.17, 15) is 4.79 Å². The van der Waals surface area contributed by atoms with Gasteiger partial charge in [-0.3, -0.25) is 4.79 Å². The molecule has 0 saturated carbocycles. The second-order valence-electron chi connectivity index (χ2n) is 5.75. The van der Waals surface area contributed by atoms with Gasteiger partial charge in [-0.05, 0) is 31.2 Å². The van der Waals surface area contributed by atoms with Crippen molar-refractivity contribution in [2.24, 2.45) is 0 Å². The summed E-state index contributed by atoms with van der Waals surface area (Å²) in [6.45, 7) is 3.35. The molecule has 0 spiro atoms. The first-order valence-electron chi connectivity index (χ1n) is 8.78. The number of amides is 1. The molecule has 0 atom stereocenters. The van der Waals surface area contributed by atoms with Crippen molar-refractivity contribution in [1.82, 2.24) is 9.97 Å². The molecule has 0 aliphatic carbocycles. The van der Waals surface area contributed by atoms with E-state index >= 15 is 0 Å². The Morgan fingerprint density at radius 1 is 1.21 bits per heavy atom. The third-order valence-electron chi connectivity index (χ3n) is 3.93. The first kappa shape index (κ1) is 19.1. The number of fused-ring (bicyclic) bond motifs is 1. The molecule has 28 heavy (non-hydrogen) atoms. The number of nitrogens with one attached hydrogen (secondary N) is 2. The Hall–Kier alpha value is -3.63. The Labute approximate surface area is 163 Å². The van der Waals surface area contributed by atoms with Gasteiger partial charge in [0.25, 0.3) is 0 Å². The maximum atomic E-state index is 11.0. The zero-order valence-corrected chi connectivity index (χ0v) is 15.4. The summed E-state index contributed by atoms with van der Waals surface area (Å²) < 4.78 is 11.0. The van der Waals surface area contributed by atoms with Crippen LogP contribution in [0.25, 0.3) is 10.9 Å². The monoisotopic (exact) mass is 376 g/mol. The number of benzene rings is 2. The van der Waals surface area contributed by atoms with Gasteiger partial charge in [-0.15, -0.1) is 6.42 Å². The molecular formula is C21H20N4O3. The van der Waals surface area contributed by atoms with Gasteiger partial charge in [-0.2, -0.15) is 0 Å². The van der Waals surface area contributed by atoms with Crippen LogP contribution in [0.2, 0.25) is 0 Å². The first-order valence-corrected chi connectivity index (χ1v) is 8.78. The molecule has 2 aromatic carbocycles. The molecule has 142 valence electrons.